The summed E-state index contributed by atoms with van der Waals surface area (Å²) >= 11 is 0. The van der Waals surface area contributed by atoms with Gasteiger partial charge in [0.2, 0.25) is 11.8 Å². The Morgan fingerprint density at radius 2 is 1.81 bits per heavy atom. The molecule has 26 heavy (non-hydrogen) atoms. The van der Waals surface area contributed by atoms with E-state index in [-0.39, 0.29) is 37.4 Å². The molecule has 1 unspecified atom stereocenters. The summed E-state index contributed by atoms with van der Waals surface area (Å²) in [6, 6.07) is 12.7. The summed E-state index contributed by atoms with van der Waals surface area (Å²) in [6.45, 7) is 2.36. The maximum absolute atomic E-state index is 13.1. The highest BCUT2D eigenvalue weighted by atomic mass is 19.1. The number of morpholine rings is 1. The van der Waals surface area contributed by atoms with Crippen molar-refractivity contribution in [1.29, 1.82) is 0 Å². The third-order valence-corrected chi connectivity index (χ3v) is 4.40. The van der Waals surface area contributed by atoms with Gasteiger partial charge in [-0.15, -0.1) is 0 Å². The molecule has 0 saturated carbocycles. The molecule has 0 radical (unpaired) electrons. The Bertz CT molecular complexity index is 775. The maximum atomic E-state index is 13.1. The zero-order chi connectivity index (χ0) is 18.5. The lowest BCUT2D eigenvalue weighted by atomic mass is 10.1. The van der Waals surface area contributed by atoms with Gasteiger partial charge < -0.3 is 15.0 Å². The minimum Gasteiger partial charge on any atom is -0.369 e. The molecule has 1 fully saturated rings. The lowest BCUT2D eigenvalue weighted by Crippen LogP contribution is -2.54. The fourth-order valence-electron chi connectivity index (χ4n) is 2.86. The Kier molecular flexibility index (Phi) is 5.63. The molecule has 6 heteroatoms. The number of aryl methyl sites for hydroxylation is 1. The SMILES string of the molecule is CCc1ccc(NC(=O)C2COCC(=O)N2Cc2ccc(F)cc2)cc1. The predicted octanol–water partition coefficient (Wildman–Crippen LogP) is 2.75. The van der Waals surface area contributed by atoms with Crippen molar-refractivity contribution in [2.75, 3.05) is 18.5 Å². The van der Waals surface area contributed by atoms with Crippen LogP contribution in [0.25, 0.3) is 0 Å². The zero-order valence-electron chi connectivity index (χ0n) is 14.6. The molecule has 1 saturated heterocycles. The number of carbonyl (C=O) groups is 2. The van der Waals surface area contributed by atoms with Crippen molar-refractivity contribution in [2.45, 2.75) is 25.9 Å². The van der Waals surface area contributed by atoms with E-state index in [1.54, 1.807) is 12.1 Å². The molecular formula is C20H21FN2O3. The van der Waals surface area contributed by atoms with E-state index in [0.717, 1.165) is 12.0 Å². The first-order valence-corrected chi connectivity index (χ1v) is 8.58. The Labute approximate surface area is 151 Å². The molecule has 2 aromatic carbocycles. The number of carbonyl (C=O) groups excluding carboxylic acids is 2. The van der Waals surface area contributed by atoms with Crippen molar-refractivity contribution in [3.05, 3.63) is 65.5 Å². The van der Waals surface area contributed by atoms with Gasteiger partial charge in [0.1, 0.15) is 18.5 Å². The minimum absolute atomic E-state index is 0.0594. The molecule has 0 bridgehead atoms. The van der Waals surface area contributed by atoms with Crippen LogP contribution in [0, 0.1) is 5.82 Å². The second kappa shape index (κ2) is 8.10. The van der Waals surface area contributed by atoms with Crippen molar-refractivity contribution in [1.82, 2.24) is 4.90 Å². The molecule has 136 valence electrons. The maximum Gasteiger partial charge on any atom is 0.249 e. The normalized spacial score (nSPS) is 17.2. The summed E-state index contributed by atoms with van der Waals surface area (Å²) in [5.74, 6) is -0.904. The standard InChI is InChI=1S/C20H21FN2O3/c1-2-14-5-9-17(10-6-14)22-20(25)18-12-26-13-19(24)23(18)11-15-3-7-16(21)8-4-15/h3-10,18H,2,11-13H2,1H3,(H,22,25). The summed E-state index contributed by atoms with van der Waals surface area (Å²) in [7, 11) is 0. The number of anilines is 1. The molecule has 0 aliphatic carbocycles. The lowest BCUT2D eigenvalue weighted by molar-refractivity contribution is -0.154. The number of amides is 2. The molecule has 1 heterocycles. The predicted molar refractivity (Wildman–Crippen MR) is 96.0 cm³/mol. The quantitative estimate of drug-likeness (QED) is 0.896. The van der Waals surface area contributed by atoms with Crippen molar-refractivity contribution in [3.8, 4) is 0 Å². The summed E-state index contributed by atoms with van der Waals surface area (Å²) in [4.78, 5) is 26.4. The highest BCUT2D eigenvalue weighted by molar-refractivity contribution is 5.97. The fraction of sp³-hybridized carbons (Fsp3) is 0.300. The zero-order valence-corrected chi connectivity index (χ0v) is 14.6. The van der Waals surface area contributed by atoms with Crippen LogP contribution in [0.2, 0.25) is 0 Å². The van der Waals surface area contributed by atoms with Crippen molar-refractivity contribution in [2.24, 2.45) is 0 Å². The first-order valence-electron chi connectivity index (χ1n) is 8.58. The van der Waals surface area contributed by atoms with E-state index in [2.05, 4.69) is 12.2 Å². The number of benzene rings is 2. The molecule has 1 N–H and O–H groups in total. The molecule has 3 rings (SSSR count). The Morgan fingerprint density at radius 1 is 1.15 bits per heavy atom. The summed E-state index contributed by atoms with van der Waals surface area (Å²) in [5, 5.41) is 2.84. The van der Waals surface area contributed by atoms with E-state index in [0.29, 0.717) is 5.69 Å². The third kappa shape index (κ3) is 4.26. The molecule has 0 spiro atoms. The summed E-state index contributed by atoms with van der Waals surface area (Å²) in [5.41, 5.74) is 2.61. The number of nitrogens with zero attached hydrogens (tertiary/aromatic N) is 1. The fourth-order valence-corrected chi connectivity index (χ4v) is 2.86. The van der Waals surface area contributed by atoms with Crippen LogP contribution in [0.1, 0.15) is 18.1 Å². The van der Waals surface area contributed by atoms with Crippen LogP contribution in [-0.4, -0.2) is 36.0 Å². The summed E-state index contributed by atoms with van der Waals surface area (Å²) < 4.78 is 18.3. The Balaban J connectivity index is 1.72. The van der Waals surface area contributed by atoms with Gasteiger partial charge in [0.05, 0.1) is 6.61 Å². The van der Waals surface area contributed by atoms with E-state index in [1.165, 1.54) is 22.6 Å². The molecular weight excluding hydrogens is 335 g/mol. The largest absolute Gasteiger partial charge is 0.369 e. The monoisotopic (exact) mass is 356 g/mol. The van der Waals surface area contributed by atoms with Crippen LogP contribution in [-0.2, 0) is 27.3 Å². The molecule has 5 nitrogen and oxygen atoms in total. The van der Waals surface area contributed by atoms with Crippen LogP contribution in [0.15, 0.2) is 48.5 Å². The van der Waals surface area contributed by atoms with Crippen LogP contribution < -0.4 is 5.32 Å². The number of hydrogen-bond acceptors (Lipinski definition) is 3. The average Bonchev–Trinajstić information content (AvgIpc) is 2.65. The minimum atomic E-state index is -0.729. The lowest BCUT2D eigenvalue weighted by Gasteiger charge is -2.34. The molecule has 1 aliphatic heterocycles. The van der Waals surface area contributed by atoms with Crippen LogP contribution in [0.3, 0.4) is 0 Å². The topological polar surface area (TPSA) is 58.6 Å². The van der Waals surface area contributed by atoms with Crippen molar-refractivity contribution in [3.63, 3.8) is 0 Å². The van der Waals surface area contributed by atoms with Gasteiger partial charge in [-0.2, -0.15) is 0 Å². The van der Waals surface area contributed by atoms with E-state index < -0.39 is 6.04 Å². The van der Waals surface area contributed by atoms with E-state index in [1.807, 2.05) is 24.3 Å². The van der Waals surface area contributed by atoms with Crippen LogP contribution in [0.4, 0.5) is 10.1 Å². The van der Waals surface area contributed by atoms with Crippen molar-refractivity contribution < 1.29 is 18.7 Å². The number of hydrogen-bond donors (Lipinski definition) is 1. The second-order valence-corrected chi connectivity index (χ2v) is 6.22. The highest BCUT2D eigenvalue weighted by Gasteiger charge is 2.34. The Morgan fingerprint density at radius 3 is 2.46 bits per heavy atom. The van der Waals surface area contributed by atoms with E-state index >= 15 is 0 Å². The van der Waals surface area contributed by atoms with Gasteiger partial charge >= 0.3 is 0 Å². The van der Waals surface area contributed by atoms with Gasteiger partial charge in [0.25, 0.3) is 0 Å². The molecule has 0 aromatic heterocycles. The first kappa shape index (κ1) is 18.1. The highest BCUT2D eigenvalue weighted by Crippen LogP contribution is 2.17. The summed E-state index contributed by atoms with van der Waals surface area (Å²) in [6.07, 6.45) is 0.921. The van der Waals surface area contributed by atoms with Crippen LogP contribution >= 0.6 is 0 Å². The molecule has 2 amide bonds. The second-order valence-electron chi connectivity index (χ2n) is 6.22. The smallest absolute Gasteiger partial charge is 0.249 e. The van der Waals surface area contributed by atoms with Gasteiger partial charge in [-0.3, -0.25) is 9.59 Å². The van der Waals surface area contributed by atoms with Gasteiger partial charge in [-0.25, -0.2) is 4.39 Å². The number of nitrogens with one attached hydrogen (secondary N) is 1. The number of rotatable bonds is 5. The molecule has 1 atom stereocenters. The number of halogens is 1. The molecule has 1 aliphatic rings. The van der Waals surface area contributed by atoms with Crippen LogP contribution in [0.5, 0.6) is 0 Å². The first-order chi connectivity index (χ1) is 12.6. The number of ether oxygens (including phenoxy) is 1. The van der Waals surface area contributed by atoms with E-state index in [4.69, 9.17) is 4.74 Å². The van der Waals surface area contributed by atoms with Gasteiger partial charge in [-0.1, -0.05) is 31.2 Å². The van der Waals surface area contributed by atoms with Gasteiger partial charge in [0, 0.05) is 12.2 Å². The van der Waals surface area contributed by atoms with Crippen molar-refractivity contribution >= 4 is 17.5 Å². The van der Waals surface area contributed by atoms with Gasteiger partial charge in [0.15, 0.2) is 0 Å². The van der Waals surface area contributed by atoms with E-state index in [9.17, 15) is 14.0 Å². The third-order valence-electron chi connectivity index (χ3n) is 4.40. The van der Waals surface area contributed by atoms with Gasteiger partial charge in [-0.05, 0) is 41.8 Å². The Hall–Kier alpha value is -2.73. The molecule has 2 aromatic rings. The average molecular weight is 356 g/mol.